The van der Waals surface area contributed by atoms with Gasteiger partial charge >= 0.3 is 5.97 Å². The molecule has 0 bridgehead atoms. The Balaban J connectivity index is 2.09. The maximum atomic E-state index is 10.9. The average Bonchev–Trinajstić information content (AvgIpc) is 2.70. The number of carboxylic acids is 1. The summed E-state index contributed by atoms with van der Waals surface area (Å²) < 4.78 is 5.35. The molecule has 2 rings (SSSR count). The van der Waals surface area contributed by atoms with E-state index in [4.69, 9.17) is 21.1 Å². The van der Waals surface area contributed by atoms with Crippen LogP contribution in [0, 0.1) is 6.92 Å². The summed E-state index contributed by atoms with van der Waals surface area (Å²) in [5.74, 6) is -0.0245. The van der Waals surface area contributed by atoms with Gasteiger partial charge in [-0.3, -0.25) is 0 Å². The van der Waals surface area contributed by atoms with Crippen molar-refractivity contribution in [3.05, 3.63) is 52.4 Å². The van der Waals surface area contributed by atoms with Gasteiger partial charge < -0.3 is 14.8 Å². The third-order valence-corrected chi connectivity index (χ3v) is 2.86. The van der Waals surface area contributed by atoms with Gasteiger partial charge in [0.2, 0.25) is 0 Å². The van der Waals surface area contributed by atoms with Crippen molar-refractivity contribution < 1.29 is 14.3 Å². The Morgan fingerprint density at radius 1 is 1.44 bits per heavy atom. The van der Waals surface area contributed by atoms with Crippen LogP contribution in [0.5, 0.6) is 0 Å². The van der Waals surface area contributed by atoms with E-state index in [1.807, 2.05) is 18.2 Å². The summed E-state index contributed by atoms with van der Waals surface area (Å²) in [6.45, 7) is 2.01. The molecule has 5 heteroatoms. The van der Waals surface area contributed by atoms with E-state index in [1.54, 1.807) is 13.0 Å². The molecule has 4 nitrogen and oxygen atoms in total. The number of hydrogen-bond donors (Lipinski definition) is 2. The minimum atomic E-state index is -0.986. The predicted octanol–water partition coefficient (Wildman–Crippen LogP) is 3.55. The number of rotatable bonds is 4. The number of carboxylic acid groups (broad SMARTS) is 1. The third-order valence-electron chi connectivity index (χ3n) is 2.53. The Morgan fingerprint density at radius 3 is 2.78 bits per heavy atom. The van der Waals surface area contributed by atoms with Crippen LogP contribution >= 0.6 is 11.6 Å². The molecule has 0 spiro atoms. The lowest BCUT2D eigenvalue weighted by molar-refractivity contribution is 0.0695. The van der Waals surface area contributed by atoms with Gasteiger partial charge in [-0.2, -0.15) is 0 Å². The Hall–Kier alpha value is -1.94. The van der Waals surface area contributed by atoms with Gasteiger partial charge in [0.1, 0.15) is 17.1 Å². The van der Waals surface area contributed by atoms with E-state index in [9.17, 15) is 4.79 Å². The molecule has 0 radical (unpaired) electrons. The fraction of sp³-hybridized carbons (Fsp3) is 0.154. The van der Waals surface area contributed by atoms with Crippen molar-refractivity contribution in [2.24, 2.45) is 0 Å². The number of aromatic carboxylic acids is 1. The highest BCUT2D eigenvalue weighted by Gasteiger charge is 2.13. The molecule has 1 aromatic carbocycles. The Morgan fingerprint density at radius 2 is 2.17 bits per heavy atom. The highest BCUT2D eigenvalue weighted by Crippen LogP contribution is 2.22. The molecular weight excluding hydrogens is 254 g/mol. The highest BCUT2D eigenvalue weighted by atomic mass is 35.5. The Labute approximate surface area is 109 Å². The SMILES string of the molecule is Cc1oc(CNc2ccccc2Cl)cc1C(=O)O. The number of carbonyl (C=O) groups is 1. The van der Waals surface area contributed by atoms with E-state index in [1.165, 1.54) is 6.07 Å². The first-order valence-corrected chi connectivity index (χ1v) is 5.76. The summed E-state index contributed by atoms with van der Waals surface area (Å²) in [6, 6.07) is 8.84. The monoisotopic (exact) mass is 265 g/mol. The van der Waals surface area contributed by atoms with Crippen LogP contribution < -0.4 is 5.32 Å². The minimum absolute atomic E-state index is 0.186. The lowest BCUT2D eigenvalue weighted by Crippen LogP contribution is -1.99. The third kappa shape index (κ3) is 2.65. The van der Waals surface area contributed by atoms with Crippen molar-refractivity contribution in [3.63, 3.8) is 0 Å². The van der Waals surface area contributed by atoms with E-state index < -0.39 is 5.97 Å². The van der Waals surface area contributed by atoms with Crippen LogP contribution in [0.2, 0.25) is 5.02 Å². The van der Waals surface area contributed by atoms with Gasteiger partial charge in [0.05, 0.1) is 17.3 Å². The summed E-state index contributed by atoms with van der Waals surface area (Å²) in [6.07, 6.45) is 0. The van der Waals surface area contributed by atoms with Gasteiger partial charge in [0.25, 0.3) is 0 Å². The van der Waals surface area contributed by atoms with Gasteiger partial charge in [0, 0.05) is 0 Å². The standard InChI is InChI=1S/C13H12ClNO3/c1-8-10(13(16)17)6-9(18-8)7-15-12-5-3-2-4-11(12)14/h2-6,15H,7H2,1H3,(H,16,17). The molecule has 0 unspecified atom stereocenters. The van der Waals surface area contributed by atoms with Crippen molar-refractivity contribution in [1.82, 2.24) is 0 Å². The summed E-state index contributed by atoms with van der Waals surface area (Å²) in [4.78, 5) is 10.9. The molecule has 0 aliphatic carbocycles. The fourth-order valence-corrected chi connectivity index (χ4v) is 1.83. The number of furan rings is 1. The van der Waals surface area contributed by atoms with Crippen LogP contribution in [0.4, 0.5) is 5.69 Å². The Kier molecular flexibility index (Phi) is 3.58. The second kappa shape index (κ2) is 5.14. The number of aryl methyl sites for hydroxylation is 1. The molecule has 94 valence electrons. The highest BCUT2D eigenvalue weighted by molar-refractivity contribution is 6.33. The van der Waals surface area contributed by atoms with Crippen LogP contribution in [0.15, 0.2) is 34.7 Å². The molecule has 0 aliphatic heterocycles. The molecule has 1 aromatic heterocycles. The van der Waals surface area contributed by atoms with E-state index in [-0.39, 0.29) is 5.56 Å². The first-order valence-electron chi connectivity index (χ1n) is 5.39. The van der Waals surface area contributed by atoms with E-state index in [2.05, 4.69) is 5.32 Å². The zero-order valence-corrected chi connectivity index (χ0v) is 10.5. The predicted molar refractivity (Wildman–Crippen MR) is 69.2 cm³/mol. The average molecular weight is 266 g/mol. The van der Waals surface area contributed by atoms with Crippen molar-refractivity contribution in [3.8, 4) is 0 Å². The molecule has 2 N–H and O–H groups in total. The fourth-order valence-electron chi connectivity index (χ4n) is 1.63. The first kappa shape index (κ1) is 12.5. The summed E-state index contributed by atoms with van der Waals surface area (Å²) in [5.41, 5.74) is 0.969. The number of hydrogen-bond acceptors (Lipinski definition) is 3. The quantitative estimate of drug-likeness (QED) is 0.887. The normalized spacial score (nSPS) is 10.3. The van der Waals surface area contributed by atoms with Gasteiger partial charge in [-0.15, -0.1) is 0 Å². The minimum Gasteiger partial charge on any atom is -0.478 e. The van der Waals surface area contributed by atoms with Crippen LogP contribution in [-0.2, 0) is 6.54 Å². The van der Waals surface area contributed by atoms with Gasteiger partial charge in [-0.25, -0.2) is 4.79 Å². The molecule has 0 saturated carbocycles. The molecule has 0 saturated heterocycles. The second-order valence-electron chi connectivity index (χ2n) is 3.82. The van der Waals surface area contributed by atoms with Crippen LogP contribution in [0.25, 0.3) is 0 Å². The van der Waals surface area contributed by atoms with E-state index in [0.29, 0.717) is 23.1 Å². The van der Waals surface area contributed by atoms with Crippen LogP contribution in [0.3, 0.4) is 0 Å². The van der Waals surface area contributed by atoms with Crippen molar-refractivity contribution in [2.45, 2.75) is 13.5 Å². The van der Waals surface area contributed by atoms with E-state index >= 15 is 0 Å². The van der Waals surface area contributed by atoms with Crippen molar-refractivity contribution in [1.29, 1.82) is 0 Å². The molecule has 1 heterocycles. The molecule has 18 heavy (non-hydrogen) atoms. The maximum absolute atomic E-state index is 10.9. The zero-order valence-electron chi connectivity index (χ0n) is 9.74. The molecule has 0 aliphatic rings. The lowest BCUT2D eigenvalue weighted by Gasteiger charge is -2.05. The van der Waals surface area contributed by atoms with Crippen LogP contribution in [-0.4, -0.2) is 11.1 Å². The van der Waals surface area contributed by atoms with E-state index in [0.717, 1.165) is 5.69 Å². The zero-order chi connectivity index (χ0) is 13.1. The first-order chi connectivity index (χ1) is 8.58. The summed E-state index contributed by atoms with van der Waals surface area (Å²) in [7, 11) is 0. The molecule has 2 aromatic rings. The number of anilines is 1. The summed E-state index contributed by atoms with van der Waals surface area (Å²) >= 11 is 5.99. The molecule has 0 fully saturated rings. The number of halogens is 1. The van der Waals surface area contributed by atoms with Gasteiger partial charge in [-0.1, -0.05) is 23.7 Å². The second-order valence-corrected chi connectivity index (χ2v) is 4.23. The maximum Gasteiger partial charge on any atom is 0.339 e. The van der Waals surface area contributed by atoms with Gasteiger partial charge in [0.15, 0.2) is 0 Å². The number of benzene rings is 1. The Bertz CT molecular complexity index is 577. The smallest absolute Gasteiger partial charge is 0.339 e. The molecule has 0 atom stereocenters. The van der Waals surface area contributed by atoms with Crippen molar-refractivity contribution in [2.75, 3.05) is 5.32 Å². The topological polar surface area (TPSA) is 62.5 Å². The molecular formula is C13H12ClNO3. The lowest BCUT2D eigenvalue weighted by atomic mass is 10.2. The number of nitrogens with one attached hydrogen (secondary N) is 1. The number of para-hydroxylation sites is 1. The van der Waals surface area contributed by atoms with Gasteiger partial charge in [-0.05, 0) is 25.1 Å². The van der Waals surface area contributed by atoms with Crippen LogP contribution in [0.1, 0.15) is 21.9 Å². The summed E-state index contributed by atoms with van der Waals surface area (Å²) in [5, 5.41) is 12.6. The molecule has 0 amide bonds. The van der Waals surface area contributed by atoms with Crippen molar-refractivity contribution >= 4 is 23.3 Å². The largest absolute Gasteiger partial charge is 0.478 e.